The van der Waals surface area contributed by atoms with Gasteiger partial charge in [-0.2, -0.15) is 0 Å². The van der Waals surface area contributed by atoms with Crippen LogP contribution in [0.1, 0.15) is 12.0 Å². The number of fused-ring (bicyclic) bond motifs is 1. The number of nitrogens with one attached hydrogen (secondary N) is 2. The molecule has 0 amide bonds. The third kappa shape index (κ3) is 4.27. The normalized spacial score (nSPS) is 15.3. The Kier molecular flexibility index (Phi) is 5.70. The highest BCUT2D eigenvalue weighted by atomic mass is 16.1. The lowest BCUT2D eigenvalue weighted by Gasteiger charge is -2.34. The van der Waals surface area contributed by atoms with Crippen molar-refractivity contribution in [2.45, 2.75) is 19.4 Å². The Labute approximate surface area is 187 Å². The summed E-state index contributed by atoms with van der Waals surface area (Å²) in [6.07, 6.45) is 3.84. The van der Waals surface area contributed by atoms with Gasteiger partial charge in [-0.1, -0.05) is 60.7 Å². The van der Waals surface area contributed by atoms with Crippen LogP contribution in [0, 0.1) is 0 Å². The number of rotatable bonds is 5. The molecule has 0 spiro atoms. The fourth-order valence-corrected chi connectivity index (χ4v) is 4.06. The lowest BCUT2D eigenvalue weighted by molar-refractivity contribution is 0.547. The third-order valence-corrected chi connectivity index (χ3v) is 5.68. The zero-order valence-electron chi connectivity index (χ0n) is 17.9. The van der Waals surface area contributed by atoms with E-state index in [1.807, 2.05) is 42.5 Å². The predicted molar refractivity (Wildman–Crippen MR) is 128 cm³/mol. The molecule has 3 heterocycles. The van der Waals surface area contributed by atoms with Crippen LogP contribution in [0.15, 0.2) is 88.4 Å². The molecule has 0 saturated carbocycles. The van der Waals surface area contributed by atoms with E-state index in [4.69, 9.17) is 4.98 Å². The molecule has 2 aliphatic rings. The molecule has 0 saturated heterocycles. The maximum atomic E-state index is 12.8. The second-order valence-corrected chi connectivity index (χ2v) is 7.87. The standard InChI is InChI=1S/C25H26N6O/c32-23-18-21(20-10-5-2-6-11-20)28-25-30(16-7-17-31(23)25)22-13-15-27-24(29-22)26-14-12-19-8-3-1-4-9-19/h1-6,8-11,13,18H,7,12,14-17H2,(H2,26,27,29). The van der Waals surface area contributed by atoms with Gasteiger partial charge in [-0.3, -0.25) is 14.3 Å². The van der Waals surface area contributed by atoms with Gasteiger partial charge in [0.2, 0.25) is 5.95 Å². The van der Waals surface area contributed by atoms with Crippen LogP contribution in [0.5, 0.6) is 0 Å². The van der Waals surface area contributed by atoms with E-state index < -0.39 is 0 Å². The molecule has 7 nitrogen and oxygen atoms in total. The van der Waals surface area contributed by atoms with Crippen molar-refractivity contribution in [3.8, 4) is 11.3 Å². The average molecular weight is 427 g/mol. The number of hydrogen-bond donors (Lipinski definition) is 2. The summed E-state index contributed by atoms with van der Waals surface area (Å²) >= 11 is 0. The Morgan fingerprint density at radius 1 is 1.00 bits per heavy atom. The van der Waals surface area contributed by atoms with Crippen molar-refractivity contribution in [1.29, 1.82) is 0 Å². The van der Waals surface area contributed by atoms with Gasteiger partial charge in [0.15, 0.2) is 5.96 Å². The summed E-state index contributed by atoms with van der Waals surface area (Å²) in [7, 11) is 0. The van der Waals surface area contributed by atoms with Crippen molar-refractivity contribution in [3.63, 3.8) is 0 Å². The highest BCUT2D eigenvalue weighted by Gasteiger charge is 2.25. The summed E-state index contributed by atoms with van der Waals surface area (Å²) in [4.78, 5) is 24.4. The van der Waals surface area contributed by atoms with Crippen molar-refractivity contribution in [2.75, 3.05) is 24.5 Å². The first kappa shape index (κ1) is 20.1. The predicted octanol–water partition coefficient (Wildman–Crippen LogP) is 2.75. The van der Waals surface area contributed by atoms with Crippen LogP contribution in [0.2, 0.25) is 0 Å². The van der Waals surface area contributed by atoms with Gasteiger partial charge in [0, 0.05) is 31.3 Å². The molecule has 5 rings (SSSR count). The molecule has 3 aromatic rings. The van der Waals surface area contributed by atoms with E-state index in [9.17, 15) is 4.79 Å². The number of anilines is 1. The molecule has 2 N–H and O–H groups in total. The number of benzene rings is 2. The molecule has 0 atom stereocenters. The fourth-order valence-electron chi connectivity index (χ4n) is 4.06. The van der Waals surface area contributed by atoms with Gasteiger partial charge < -0.3 is 10.6 Å². The summed E-state index contributed by atoms with van der Waals surface area (Å²) in [6, 6.07) is 21.9. The van der Waals surface area contributed by atoms with E-state index in [0.717, 1.165) is 43.3 Å². The summed E-state index contributed by atoms with van der Waals surface area (Å²) in [6.45, 7) is 2.84. The van der Waals surface area contributed by atoms with E-state index in [0.29, 0.717) is 24.7 Å². The van der Waals surface area contributed by atoms with Gasteiger partial charge in [0.25, 0.3) is 5.56 Å². The SMILES string of the molecule is O=c1cc(-c2ccccc2)nc2n1CCCN2C1=CCN=C(NCCc2ccccc2)N1. The average Bonchev–Trinajstić information content (AvgIpc) is 2.85. The van der Waals surface area contributed by atoms with Crippen molar-refractivity contribution < 1.29 is 0 Å². The summed E-state index contributed by atoms with van der Waals surface area (Å²) in [5.41, 5.74) is 2.90. The van der Waals surface area contributed by atoms with E-state index in [-0.39, 0.29) is 5.56 Å². The highest BCUT2D eigenvalue weighted by Crippen LogP contribution is 2.24. The van der Waals surface area contributed by atoms with Crippen LogP contribution in [0.4, 0.5) is 5.95 Å². The number of aliphatic imine (C=N–C) groups is 1. The zero-order chi connectivity index (χ0) is 21.8. The highest BCUT2D eigenvalue weighted by molar-refractivity contribution is 5.83. The van der Waals surface area contributed by atoms with Crippen molar-refractivity contribution >= 4 is 11.9 Å². The Hall–Kier alpha value is -3.87. The second kappa shape index (κ2) is 9.09. The van der Waals surface area contributed by atoms with Crippen LogP contribution in [0.3, 0.4) is 0 Å². The van der Waals surface area contributed by atoms with Gasteiger partial charge in [-0.25, -0.2) is 9.98 Å². The minimum absolute atomic E-state index is 0.0233. The largest absolute Gasteiger partial charge is 0.356 e. The van der Waals surface area contributed by atoms with Crippen LogP contribution in [-0.4, -0.2) is 35.1 Å². The minimum atomic E-state index is -0.0233. The first-order valence-corrected chi connectivity index (χ1v) is 11.0. The van der Waals surface area contributed by atoms with Crippen molar-refractivity contribution in [2.24, 2.45) is 4.99 Å². The minimum Gasteiger partial charge on any atom is -0.356 e. The van der Waals surface area contributed by atoms with E-state index >= 15 is 0 Å². The maximum absolute atomic E-state index is 12.8. The van der Waals surface area contributed by atoms with Crippen molar-refractivity contribution in [3.05, 3.63) is 94.5 Å². The smallest absolute Gasteiger partial charge is 0.255 e. The quantitative estimate of drug-likeness (QED) is 0.656. The number of nitrogens with zero attached hydrogens (tertiary/aromatic N) is 4. The molecule has 2 aromatic carbocycles. The van der Waals surface area contributed by atoms with Crippen LogP contribution in [0.25, 0.3) is 11.3 Å². The summed E-state index contributed by atoms with van der Waals surface area (Å²) in [5, 5.41) is 6.79. The molecule has 32 heavy (non-hydrogen) atoms. The van der Waals surface area contributed by atoms with Crippen molar-refractivity contribution in [1.82, 2.24) is 20.2 Å². The van der Waals surface area contributed by atoms with Crippen LogP contribution >= 0.6 is 0 Å². The molecule has 2 aliphatic heterocycles. The maximum Gasteiger partial charge on any atom is 0.255 e. The molecule has 7 heteroatoms. The topological polar surface area (TPSA) is 74.5 Å². The van der Waals surface area contributed by atoms with Crippen LogP contribution in [-0.2, 0) is 13.0 Å². The molecule has 1 aromatic heterocycles. The zero-order valence-corrected chi connectivity index (χ0v) is 17.9. The Morgan fingerprint density at radius 2 is 1.78 bits per heavy atom. The number of guanidine groups is 1. The molecule has 0 radical (unpaired) electrons. The van der Waals surface area contributed by atoms with E-state index in [1.54, 1.807) is 10.6 Å². The van der Waals surface area contributed by atoms with Gasteiger partial charge in [-0.15, -0.1) is 0 Å². The summed E-state index contributed by atoms with van der Waals surface area (Å²) < 4.78 is 1.76. The third-order valence-electron chi connectivity index (χ3n) is 5.68. The molecular formula is C25H26N6O. The Bertz CT molecular complexity index is 1200. The Morgan fingerprint density at radius 3 is 2.59 bits per heavy atom. The number of hydrogen-bond acceptors (Lipinski definition) is 6. The monoisotopic (exact) mass is 426 g/mol. The molecule has 0 fully saturated rings. The van der Waals surface area contributed by atoms with Gasteiger partial charge in [-0.05, 0) is 24.5 Å². The van der Waals surface area contributed by atoms with Gasteiger partial charge in [0.1, 0.15) is 5.82 Å². The first-order valence-electron chi connectivity index (χ1n) is 11.0. The Balaban J connectivity index is 1.33. The molecule has 0 unspecified atom stereocenters. The lowest BCUT2D eigenvalue weighted by atomic mass is 10.1. The summed E-state index contributed by atoms with van der Waals surface area (Å²) in [5.74, 6) is 2.33. The molecule has 0 aliphatic carbocycles. The second-order valence-electron chi connectivity index (χ2n) is 7.87. The van der Waals surface area contributed by atoms with Gasteiger partial charge >= 0.3 is 0 Å². The van der Waals surface area contributed by atoms with E-state index in [1.165, 1.54) is 5.56 Å². The number of aromatic nitrogens is 2. The van der Waals surface area contributed by atoms with Gasteiger partial charge in [0.05, 0.1) is 12.2 Å². The van der Waals surface area contributed by atoms with E-state index in [2.05, 4.69) is 44.8 Å². The lowest BCUT2D eigenvalue weighted by Crippen LogP contribution is -2.48. The van der Waals surface area contributed by atoms with Crippen LogP contribution < -0.4 is 21.1 Å². The molecule has 0 bridgehead atoms. The fraction of sp³-hybridized carbons (Fsp3) is 0.240. The first-order chi connectivity index (χ1) is 15.8. The molecule has 162 valence electrons. The molecular weight excluding hydrogens is 400 g/mol.